The minimum atomic E-state index is -0.772. The maximum Gasteiger partial charge on any atom is 0.311 e. The molecule has 0 heterocycles. The molecule has 0 aliphatic heterocycles. The molecule has 0 spiro atoms. The van der Waals surface area contributed by atoms with Crippen molar-refractivity contribution in [1.82, 2.24) is 0 Å². The lowest BCUT2D eigenvalue weighted by molar-refractivity contribution is -0.144. The first-order chi connectivity index (χ1) is 18.5. The highest BCUT2D eigenvalue weighted by molar-refractivity contribution is 5.72. The number of hydrogen-bond acceptors (Lipinski definition) is 4. The average Bonchev–Trinajstić information content (AvgIpc) is 2.87. The van der Waals surface area contributed by atoms with Gasteiger partial charge in [-0.3, -0.25) is 9.59 Å². The molecule has 0 amide bonds. The molecule has 218 valence electrons. The fraction of sp³-hybridized carbons (Fsp3) is 0.750. The summed E-state index contributed by atoms with van der Waals surface area (Å²) in [5, 5.41) is 0. The van der Waals surface area contributed by atoms with Gasteiger partial charge in [-0.15, -0.1) is 0 Å². The van der Waals surface area contributed by atoms with Crippen LogP contribution in [-0.2, 0) is 14.3 Å². The normalized spacial score (nSPS) is 11.0. The van der Waals surface area contributed by atoms with Crippen molar-refractivity contribution in [2.45, 2.75) is 148 Å². The molecular weight excluding hydrogens is 486 g/mol. The number of carbonyl (C=O) groups is 2. The molecule has 0 fully saturated rings. The third kappa shape index (κ3) is 21.0. The first-order valence-corrected chi connectivity index (χ1v) is 15.3. The molecule has 38 heavy (non-hydrogen) atoms. The van der Waals surface area contributed by atoms with Gasteiger partial charge in [0.05, 0.1) is 6.61 Å². The van der Waals surface area contributed by atoms with Crippen molar-refractivity contribution in [3.05, 3.63) is 29.8 Å². The van der Waals surface area contributed by atoms with Crippen LogP contribution in [-0.4, -0.2) is 18.5 Å². The van der Waals surface area contributed by atoms with E-state index in [1.165, 1.54) is 77.0 Å². The van der Waals surface area contributed by atoms with E-state index < -0.39 is 17.6 Å². The van der Waals surface area contributed by atoms with Gasteiger partial charge in [0, 0.05) is 31.0 Å². The van der Waals surface area contributed by atoms with Crippen LogP contribution < -0.4 is 4.74 Å². The Morgan fingerprint density at radius 3 is 1.42 bits per heavy atom. The van der Waals surface area contributed by atoms with E-state index in [0.29, 0.717) is 19.4 Å². The first kappa shape index (κ1) is 34.0. The number of benzene rings is 1. The number of esters is 2. The Labute approximate surface area is 230 Å². The zero-order chi connectivity index (χ0) is 27.7. The molecule has 0 radical (unpaired) electrons. The monoisotopic (exact) mass is 538 g/mol. The maximum absolute atomic E-state index is 13.1. The second-order valence-corrected chi connectivity index (χ2v) is 10.5. The molecule has 1 rings (SSSR count). The zero-order valence-corrected chi connectivity index (χ0v) is 23.9. The van der Waals surface area contributed by atoms with Crippen LogP contribution in [0, 0.1) is 11.6 Å². The lowest BCUT2D eigenvalue weighted by Gasteiger charge is -2.06. The predicted molar refractivity (Wildman–Crippen MR) is 150 cm³/mol. The van der Waals surface area contributed by atoms with E-state index in [2.05, 4.69) is 6.92 Å². The summed E-state index contributed by atoms with van der Waals surface area (Å²) in [6, 6.07) is 2.72. The molecule has 0 aliphatic carbocycles. The first-order valence-electron chi connectivity index (χ1n) is 15.3. The summed E-state index contributed by atoms with van der Waals surface area (Å²) < 4.78 is 36.6. The number of hydrogen-bond donors (Lipinski definition) is 0. The molecule has 0 aliphatic rings. The van der Waals surface area contributed by atoms with Gasteiger partial charge in [0.2, 0.25) is 0 Å². The van der Waals surface area contributed by atoms with Gasteiger partial charge in [-0.05, 0) is 19.3 Å². The summed E-state index contributed by atoms with van der Waals surface area (Å²) in [7, 11) is 0. The van der Waals surface area contributed by atoms with Gasteiger partial charge in [-0.2, -0.15) is 0 Å². The van der Waals surface area contributed by atoms with Gasteiger partial charge in [-0.1, -0.05) is 116 Å². The number of halogens is 2. The Morgan fingerprint density at radius 2 is 0.947 bits per heavy atom. The molecule has 0 atom stereocenters. The highest BCUT2D eigenvalue weighted by atomic mass is 19.1. The number of carbonyl (C=O) groups excluding carboxylic acids is 2. The highest BCUT2D eigenvalue weighted by Crippen LogP contribution is 2.17. The average molecular weight is 539 g/mol. The third-order valence-electron chi connectivity index (χ3n) is 6.84. The zero-order valence-electron chi connectivity index (χ0n) is 23.9. The summed E-state index contributed by atoms with van der Waals surface area (Å²) in [6.07, 6.45) is 24.4. The van der Waals surface area contributed by atoms with Gasteiger partial charge in [0.15, 0.2) is 0 Å². The molecule has 1 aromatic carbocycles. The molecule has 1 aromatic rings. The number of unbranched alkanes of at least 4 members (excludes halogenated alkanes) is 18. The summed E-state index contributed by atoms with van der Waals surface area (Å²) in [4.78, 5) is 23.6. The Morgan fingerprint density at radius 1 is 0.553 bits per heavy atom. The van der Waals surface area contributed by atoms with E-state index >= 15 is 0 Å². The summed E-state index contributed by atoms with van der Waals surface area (Å²) in [5.74, 6) is -2.24. The van der Waals surface area contributed by atoms with Crippen molar-refractivity contribution in [1.29, 1.82) is 0 Å². The van der Waals surface area contributed by atoms with E-state index in [1.807, 2.05) is 0 Å². The number of rotatable bonds is 25. The molecule has 0 bridgehead atoms. The van der Waals surface area contributed by atoms with E-state index in [-0.39, 0.29) is 18.1 Å². The second-order valence-electron chi connectivity index (χ2n) is 10.5. The van der Waals surface area contributed by atoms with Gasteiger partial charge < -0.3 is 9.47 Å². The van der Waals surface area contributed by atoms with Gasteiger partial charge in [0.25, 0.3) is 0 Å². The van der Waals surface area contributed by atoms with Crippen molar-refractivity contribution >= 4 is 11.9 Å². The lowest BCUT2D eigenvalue weighted by atomic mass is 10.0. The van der Waals surface area contributed by atoms with Crippen LogP contribution in [0.3, 0.4) is 0 Å². The third-order valence-corrected chi connectivity index (χ3v) is 6.84. The Hall–Kier alpha value is -1.98. The molecule has 4 nitrogen and oxygen atoms in total. The van der Waals surface area contributed by atoms with Crippen LogP contribution in [0.4, 0.5) is 8.78 Å². The topological polar surface area (TPSA) is 52.6 Å². The fourth-order valence-corrected chi connectivity index (χ4v) is 4.57. The van der Waals surface area contributed by atoms with Crippen LogP contribution in [0.15, 0.2) is 18.2 Å². The molecule has 0 unspecified atom stereocenters. The van der Waals surface area contributed by atoms with E-state index in [1.54, 1.807) is 0 Å². The highest BCUT2D eigenvalue weighted by Gasteiger charge is 2.08. The number of ether oxygens (including phenoxy) is 2. The standard InChI is InChI=1S/C32H52F2O4/c1-2-3-4-5-6-7-8-9-10-11-12-15-18-21-24-37-31(35)22-19-16-13-14-17-20-23-32(36)38-30-26-28(33)25-29(34)27-30/h25-27H,2-24H2,1H3. The largest absolute Gasteiger partial charge is 0.466 e. The van der Waals surface area contributed by atoms with Crippen LogP contribution in [0.25, 0.3) is 0 Å². The van der Waals surface area contributed by atoms with Crippen molar-refractivity contribution in [3.8, 4) is 5.75 Å². The fourth-order valence-electron chi connectivity index (χ4n) is 4.57. The van der Waals surface area contributed by atoms with Crippen LogP contribution in [0.1, 0.15) is 148 Å². The van der Waals surface area contributed by atoms with Crippen molar-refractivity contribution in [3.63, 3.8) is 0 Å². The van der Waals surface area contributed by atoms with E-state index in [0.717, 1.165) is 63.1 Å². The van der Waals surface area contributed by atoms with Crippen molar-refractivity contribution < 1.29 is 27.8 Å². The summed E-state index contributed by atoms with van der Waals surface area (Å²) in [6.45, 7) is 2.80. The molecule has 0 saturated heterocycles. The van der Waals surface area contributed by atoms with E-state index in [4.69, 9.17) is 9.47 Å². The predicted octanol–water partition coefficient (Wildman–Crippen LogP) is 10.0. The molecular formula is C32H52F2O4. The Balaban J connectivity index is 1.80. The van der Waals surface area contributed by atoms with Crippen LogP contribution >= 0.6 is 0 Å². The van der Waals surface area contributed by atoms with Crippen LogP contribution in [0.5, 0.6) is 5.75 Å². The quantitative estimate of drug-likeness (QED) is 0.0706. The smallest absolute Gasteiger partial charge is 0.311 e. The second kappa shape index (κ2) is 24.1. The van der Waals surface area contributed by atoms with Crippen molar-refractivity contribution in [2.75, 3.05) is 6.61 Å². The minimum Gasteiger partial charge on any atom is -0.466 e. The molecule has 0 saturated carbocycles. The van der Waals surface area contributed by atoms with Gasteiger partial charge in [-0.25, -0.2) is 8.78 Å². The van der Waals surface area contributed by atoms with Crippen molar-refractivity contribution in [2.24, 2.45) is 0 Å². The summed E-state index contributed by atoms with van der Waals surface area (Å²) in [5.41, 5.74) is 0. The minimum absolute atomic E-state index is 0.101. The van der Waals surface area contributed by atoms with Gasteiger partial charge >= 0.3 is 11.9 Å². The molecule has 6 heteroatoms. The lowest BCUT2D eigenvalue weighted by Crippen LogP contribution is -2.08. The van der Waals surface area contributed by atoms with Gasteiger partial charge in [0.1, 0.15) is 17.4 Å². The summed E-state index contributed by atoms with van der Waals surface area (Å²) >= 11 is 0. The molecule has 0 N–H and O–H groups in total. The molecule has 0 aromatic heterocycles. The maximum atomic E-state index is 13.1. The Kier molecular flexibility index (Phi) is 21.6. The SMILES string of the molecule is CCCCCCCCCCCCCCCCOC(=O)CCCCCCCCC(=O)Oc1cc(F)cc(F)c1. The van der Waals surface area contributed by atoms with E-state index in [9.17, 15) is 18.4 Å². The Bertz CT molecular complexity index is 718. The van der Waals surface area contributed by atoms with Crippen LogP contribution in [0.2, 0.25) is 0 Å².